The number of rotatable bonds is 6. The molecule has 1 atom stereocenters. The van der Waals surface area contributed by atoms with Crippen molar-refractivity contribution in [2.24, 2.45) is 0 Å². The van der Waals surface area contributed by atoms with Crippen LogP contribution >= 0.6 is 0 Å². The lowest BCUT2D eigenvalue weighted by atomic mass is 10.1. The molecule has 1 unspecified atom stereocenters. The van der Waals surface area contributed by atoms with Crippen molar-refractivity contribution in [3.8, 4) is 0 Å². The smallest absolute Gasteiger partial charge is 0.328 e. The van der Waals surface area contributed by atoms with Gasteiger partial charge in [0.25, 0.3) is 5.91 Å². The number of carboxylic acid groups (broad SMARTS) is 1. The first-order chi connectivity index (χ1) is 12.8. The highest BCUT2D eigenvalue weighted by atomic mass is 16.4. The van der Waals surface area contributed by atoms with Crippen molar-refractivity contribution >= 4 is 17.7 Å². The maximum atomic E-state index is 12.4. The number of anilines is 1. The van der Waals surface area contributed by atoms with Crippen molar-refractivity contribution in [1.82, 2.24) is 19.6 Å². The number of nitrogens with one attached hydrogen (secondary N) is 1. The minimum absolute atomic E-state index is 0.272. The van der Waals surface area contributed by atoms with Crippen LogP contribution in [0.25, 0.3) is 0 Å². The second-order valence-electron chi connectivity index (χ2n) is 6.43. The minimum atomic E-state index is -1.02. The number of hydrogen-bond acceptors (Lipinski definition) is 4. The molecule has 8 nitrogen and oxygen atoms in total. The summed E-state index contributed by atoms with van der Waals surface area (Å²) in [4.78, 5) is 23.4. The fourth-order valence-corrected chi connectivity index (χ4v) is 2.65. The molecule has 0 aliphatic carbocycles. The van der Waals surface area contributed by atoms with Crippen LogP contribution < -0.4 is 5.32 Å². The number of benzene rings is 1. The molecule has 27 heavy (non-hydrogen) atoms. The fraction of sp³-hybridized carbons (Fsp3) is 0.263. The summed E-state index contributed by atoms with van der Waals surface area (Å²) >= 11 is 0. The first kappa shape index (κ1) is 18.4. The lowest BCUT2D eigenvalue weighted by molar-refractivity contribution is -0.140. The quantitative estimate of drug-likeness (QED) is 0.697. The van der Waals surface area contributed by atoms with Crippen LogP contribution in [0, 0.1) is 13.8 Å². The summed E-state index contributed by atoms with van der Waals surface area (Å²) in [7, 11) is 0. The van der Waals surface area contributed by atoms with E-state index >= 15 is 0 Å². The van der Waals surface area contributed by atoms with Gasteiger partial charge in [0.2, 0.25) is 0 Å². The molecule has 2 aromatic heterocycles. The van der Waals surface area contributed by atoms with Gasteiger partial charge in [-0.1, -0.05) is 24.3 Å². The molecular formula is C19H21N5O3. The Hall–Kier alpha value is -3.42. The number of carbonyl (C=O) groups is 2. The number of aryl methyl sites for hydroxylation is 2. The summed E-state index contributed by atoms with van der Waals surface area (Å²) in [6.07, 6.45) is 2.75. The third-order valence-electron chi connectivity index (χ3n) is 4.42. The molecule has 0 radical (unpaired) electrons. The van der Waals surface area contributed by atoms with Crippen molar-refractivity contribution < 1.29 is 14.7 Å². The Morgan fingerprint density at radius 3 is 2.70 bits per heavy atom. The maximum Gasteiger partial charge on any atom is 0.328 e. The third-order valence-corrected chi connectivity index (χ3v) is 4.42. The number of nitrogens with zero attached hydrogens (tertiary/aromatic N) is 4. The number of aliphatic carboxylic acids is 1. The van der Waals surface area contributed by atoms with E-state index in [9.17, 15) is 9.59 Å². The molecule has 1 aromatic carbocycles. The van der Waals surface area contributed by atoms with Gasteiger partial charge in [-0.15, -0.1) is 0 Å². The molecule has 140 valence electrons. The summed E-state index contributed by atoms with van der Waals surface area (Å²) in [5, 5.41) is 20.1. The average Bonchev–Trinajstić information content (AvgIpc) is 3.23. The molecule has 3 rings (SSSR count). The van der Waals surface area contributed by atoms with Gasteiger partial charge in [0.05, 0.1) is 18.3 Å². The van der Waals surface area contributed by atoms with Crippen LogP contribution in [-0.2, 0) is 11.3 Å². The Labute approximate surface area is 156 Å². The number of carbonyl (C=O) groups excluding carboxylic acids is 1. The van der Waals surface area contributed by atoms with E-state index in [1.54, 1.807) is 6.07 Å². The number of carboxylic acids is 1. The van der Waals surface area contributed by atoms with Crippen molar-refractivity contribution in [2.45, 2.75) is 33.4 Å². The highest BCUT2D eigenvalue weighted by Crippen LogP contribution is 2.15. The van der Waals surface area contributed by atoms with Gasteiger partial charge in [0.1, 0.15) is 6.04 Å². The predicted molar refractivity (Wildman–Crippen MR) is 99.8 cm³/mol. The normalized spacial score (nSPS) is 12.0. The molecule has 0 bridgehead atoms. The van der Waals surface area contributed by atoms with Crippen LogP contribution in [0.4, 0.5) is 5.82 Å². The van der Waals surface area contributed by atoms with Gasteiger partial charge in [0, 0.05) is 18.0 Å². The van der Waals surface area contributed by atoms with Crippen LogP contribution in [0.5, 0.6) is 0 Å². The van der Waals surface area contributed by atoms with Crippen molar-refractivity contribution in [3.05, 3.63) is 65.1 Å². The molecule has 0 aliphatic heterocycles. The molecule has 0 saturated carbocycles. The molecular weight excluding hydrogens is 346 g/mol. The van der Waals surface area contributed by atoms with Crippen LogP contribution in [-0.4, -0.2) is 36.5 Å². The largest absolute Gasteiger partial charge is 0.480 e. The lowest BCUT2D eigenvalue weighted by Gasteiger charge is -2.07. The Kier molecular flexibility index (Phi) is 5.07. The summed E-state index contributed by atoms with van der Waals surface area (Å²) in [5.41, 5.74) is 3.53. The van der Waals surface area contributed by atoms with Crippen LogP contribution in [0.15, 0.2) is 42.7 Å². The molecule has 0 fully saturated rings. The van der Waals surface area contributed by atoms with Gasteiger partial charge in [-0.25, -0.2) is 4.79 Å². The zero-order chi connectivity index (χ0) is 19.6. The van der Waals surface area contributed by atoms with Gasteiger partial charge >= 0.3 is 5.97 Å². The van der Waals surface area contributed by atoms with E-state index in [0.29, 0.717) is 12.4 Å². The summed E-state index contributed by atoms with van der Waals surface area (Å²) < 4.78 is 3.06. The summed E-state index contributed by atoms with van der Waals surface area (Å²) in [5.74, 6) is -0.972. The maximum absolute atomic E-state index is 12.4. The van der Waals surface area contributed by atoms with E-state index in [-0.39, 0.29) is 11.5 Å². The van der Waals surface area contributed by atoms with Crippen molar-refractivity contribution in [1.29, 1.82) is 0 Å². The Morgan fingerprint density at radius 2 is 2.00 bits per heavy atom. The molecule has 0 saturated heterocycles. The molecule has 0 aliphatic rings. The zero-order valence-corrected chi connectivity index (χ0v) is 15.4. The van der Waals surface area contributed by atoms with Crippen molar-refractivity contribution in [2.75, 3.05) is 5.32 Å². The molecule has 8 heteroatoms. The monoisotopic (exact) mass is 367 g/mol. The van der Waals surface area contributed by atoms with Crippen LogP contribution in [0.1, 0.15) is 40.1 Å². The third kappa shape index (κ3) is 4.05. The molecule has 1 amide bonds. The zero-order valence-electron chi connectivity index (χ0n) is 15.4. The second kappa shape index (κ2) is 7.45. The highest BCUT2D eigenvalue weighted by Gasteiger charge is 2.17. The van der Waals surface area contributed by atoms with Gasteiger partial charge in [-0.3, -0.25) is 14.2 Å². The Balaban J connectivity index is 1.72. The van der Waals surface area contributed by atoms with E-state index in [0.717, 1.165) is 11.3 Å². The Bertz CT molecular complexity index is 989. The van der Waals surface area contributed by atoms with Gasteiger partial charge in [-0.2, -0.15) is 10.2 Å². The standard InChI is InChI=1S/C19H21N5O3/c1-12-6-4-5-7-15(12)10-23-13(2)8-17(22-23)21-18(25)16-9-20-24(11-16)14(3)19(26)27/h4-9,11,14H,10H2,1-3H3,(H,26,27)(H,21,22,25). The number of amides is 1. The molecule has 2 heterocycles. The topological polar surface area (TPSA) is 102 Å². The molecule has 3 aromatic rings. The van der Waals surface area contributed by atoms with E-state index < -0.39 is 12.0 Å². The van der Waals surface area contributed by atoms with E-state index in [1.807, 2.05) is 42.8 Å². The SMILES string of the molecule is Cc1ccccc1Cn1nc(NC(=O)c2cnn(C(C)C(=O)O)c2)cc1C. The van der Waals surface area contributed by atoms with Crippen LogP contribution in [0.2, 0.25) is 0 Å². The second-order valence-corrected chi connectivity index (χ2v) is 6.43. The summed E-state index contributed by atoms with van der Waals surface area (Å²) in [6, 6.07) is 9.02. The number of aromatic nitrogens is 4. The Morgan fingerprint density at radius 1 is 1.26 bits per heavy atom. The van der Waals surface area contributed by atoms with Crippen molar-refractivity contribution in [3.63, 3.8) is 0 Å². The van der Waals surface area contributed by atoms with E-state index in [1.165, 1.54) is 29.6 Å². The van der Waals surface area contributed by atoms with Gasteiger partial charge in [0.15, 0.2) is 5.82 Å². The van der Waals surface area contributed by atoms with E-state index in [4.69, 9.17) is 5.11 Å². The van der Waals surface area contributed by atoms with Gasteiger partial charge < -0.3 is 10.4 Å². The van der Waals surface area contributed by atoms with E-state index in [2.05, 4.69) is 15.5 Å². The van der Waals surface area contributed by atoms with Gasteiger partial charge in [-0.05, 0) is 31.9 Å². The number of hydrogen-bond donors (Lipinski definition) is 2. The van der Waals surface area contributed by atoms with Crippen LogP contribution in [0.3, 0.4) is 0 Å². The first-order valence-electron chi connectivity index (χ1n) is 8.52. The average molecular weight is 367 g/mol. The highest BCUT2D eigenvalue weighted by molar-refractivity contribution is 6.03. The lowest BCUT2D eigenvalue weighted by Crippen LogP contribution is -2.16. The molecule has 2 N–H and O–H groups in total. The predicted octanol–water partition coefficient (Wildman–Crippen LogP) is 2.64. The minimum Gasteiger partial charge on any atom is -0.480 e. The summed E-state index contributed by atoms with van der Waals surface area (Å²) in [6.45, 7) is 6.08. The molecule has 0 spiro atoms. The fourth-order valence-electron chi connectivity index (χ4n) is 2.65. The first-order valence-corrected chi connectivity index (χ1v) is 8.52.